The summed E-state index contributed by atoms with van der Waals surface area (Å²) in [5.74, 6) is -0.342. The van der Waals surface area contributed by atoms with Crippen molar-refractivity contribution in [1.29, 1.82) is 0 Å². The minimum absolute atomic E-state index is 0.0485. The van der Waals surface area contributed by atoms with Crippen LogP contribution in [0.3, 0.4) is 0 Å². The smallest absolute Gasteiger partial charge is 0.341 e. The van der Waals surface area contributed by atoms with E-state index in [1.807, 2.05) is 18.0 Å². The molecule has 0 aliphatic heterocycles. The Morgan fingerprint density at radius 1 is 1.27 bits per heavy atom. The van der Waals surface area contributed by atoms with Crippen molar-refractivity contribution in [2.75, 3.05) is 30.0 Å². The molecule has 0 atom stereocenters. The van der Waals surface area contributed by atoms with Gasteiger partial charge in [0.2, 0.25) is 5.95 Å². The average Bonchev–Trinajstić information content (AvgIpc) is 2.60. The van der Waals surface area contributed by atoms with Crippen LogP contribution in [0.25, 0.3) is 11.2 Å². The van der Waals surface area contributed by atoms with Crippen molar-refractivity contribution in [1.82, 2.24) is 19.9 Å². The highest BCUT2D eigenvalue weighted by Crippen LogP contribution is 2.22. The Bertz CT molecular complexity index is 964. The van der Waals surface area contributed by atoms with Crippen LogP contribution in [-0.2, 0) is 11.3 Å². The molecule has 1 aromatic carbocycles. The van der Waals surface area contributed by atoms with Crippen LogP contribution >= 0.6 is 0 Å². The van der Waals surface area contributed by atoms with E-state index in [2.05, 4.69) is 19.9 Å². The number of hydrogen-bond donors (Lipinski definition) is 3. The number of nitrogens with two attached hydrogens (primary N) is 2. The molecule has 0 bridgehead atoms. The average molecular weight is 355 g/mol. The van der Waals surface area contributed by atoms with Gasteiger partial charge in [-0.1, -0.05) is 6.07 Å². The van der Waals surface area contributed by atoms with E-state index in [0.717, 1.165) is 5.69 Å². The number of nitrogen functional groups attached to an aromatic ring is 2. The molecule has 0 fully saturated rings. The van der Waals surface area contributed by atoms with E-state index in [4.69, 9.17) is 21.3 Å². The van der Waals surface area contributed by atoms with Crippen molar-refractivity contribution in [2.24, 2.45) is 0 Å². The van der Waals surface area contributed by atoms with Gasteiger partial charge in [-0.15, -0.1) is 0 Å². The van der Waals surface area contributed by atoms with Crippen LogP contribution in [0.15, 0.2) is 30.5 Å². The lowest BCUT2D eigenvalue weighted by molar-refractivity contribution is -0.139. The highest BCUT2D eigenvalue weighted by Gasteiger charge is 2.10. The van der Waals surface area contributed by atoms with Gasteiger partial charge in [-0.05, 0) is 12.1 Å². The minimum atomic E-state index is -1.03. The zero-order valence-corrected chi connectivity index (χ0v) is 14.0. The van der Waals surface area contributed by atoms with E-state index in [0.29, 0.717) is 29.2 Å². The van der Waals surface area contributed by atoms with Crippen molar-refractivity contribution < 1.29 is 14.6 Å². The van der Waals surface area contributed by atoms with Gasteiger partial charge in [-0.3, -0.25) is 0 Å². The van der Waals surface area contributed by atoms with E-state index in [1.165, 1.54) is 0 Å². The third-order valence-corrected chi connectivity index (χ3v) is 3.52. The first-order valence-electron chi connectivity index (χ1n) is 7.63. The summed E-state index contributed by atoms with van der Waals surface area (Å²) in [6.45, 7) is 0.0425. The third-order valence-electron chi connectivity index (χ3n) is 3.52. The predicted molar refractivity (Wildman–Crippen MR) is 95.6 cm³/mol. The maximum atomic E-state index is 10.6. The van der Waals surface area contributed by atoms with Crippen molar-refractivity contribution >= 4 is 34.6 Å². The molecule has 26 heavy (non-hydrogen) atoms. The summed E-state index contributed by atoms with van der Waals surface area (Å²) in [6, 6.07) is 7.10. The number of fused-ring (bicyclic) bond motifs is 1. The molecule has 0 radical (unpaired) electrons. The van der Waals surface area contributed by atoms with Gasteiger partial charge >= 0.3 is 5.97 Å². The Balaban J connectivity index is 1.79. The van der Waals surface area contributed by atoms with Gasteiger partial charge < -0.3 is 26.2 Å². The maximum Gasteiger partial charge on any atom is 0.341 e. The van der Waals surface area contributed by atoms with Crippen LogP contribution in [0.2, 0.25) is 0 Å². The molecule has 0 spiro atoms. The number of anilines is 3. The Kier molecular flexibility index (Phi) is 4.65. The summed E-state index contributed by atoms with van der Waals surface area (Å²) < 4.78 is 5.19. The zero-order chi connectivity index (χ0) is 18.7. The van der Waals surface area contributed by atoms with Gasteiger partial charge in [0.25, 0.3) is 0 Å². The first kappa shape index (κ1) is 17.1. The van der Waals surface area contributed by atoms with Crippen LogP contribution in [0.1, 0.15) is 5.69 Å². The number of ether oxygens (including phenoxy) is 1. The first-order chi connectivity index (χ1) is 12.4. The van der Waals surface area contributed by atoms with E-state index in [1.54, 1.807) is 24.4 Å². The monoisotopic (exact) mass is 355 g/mol. The second-order valence-electron chi connectivity index (χ2n) is 5.54. The molecule has 0 amide bonds. The van der Waals surface area contributed by atoms with Gasteiger partial charge in [0.15, 0.2) is 23.6 Å². The molecule has 3 aromatic rings. The fourth-order valence-electron chi connectivity index (χ4n) is 2.35. The quantitative estimate of drug-likeness (QED) is 0.575. The van der Waals surface area contributed by atoms with Gasteiger partial charge in [0, 0.05) is 18.8 Å². The number of hydrogen-bond acceptors (Lipinski definition) is 9. The molecular weight excluding hydrogens is 338 g/mol. The third kappa shape index (κ3) is 3.86. The molecule has 2 aromatic heterocycles. The molecule has 10 heteroatoms. The topological polar surface area (TPSA) is 153 Å². The minimum Gasteiger partial charge on any atom is -0.482 e. The Morgan fingerprint density at radius 2 is 2.08 bits per heavy atom. The molecule has 0 aliphatic carbocycles. The van der Waals surface area contributed by atoms with Gasteiger partial charge in [0.05, 0.1) is 18.4 Å². The molecule has 10 nitrogen and oxygen atoms in total. The van der Waals surface area contributed by atoms with E-state index < -0.39 is 12.6 Å². The number of rotatable bonds is 6. The second-order valence-corrected chi connectivity index (χ2v) is 5.54. The van der Waals surface area contributed by atoms with Crippen molar-refractivity contribution in [3.05, 3.63) is 36.2 Å². The SMILES string of the molecule is CN(Cc1cnc2nc(N)nc(N)c2n1)c1cccc(OCC(=O)O)c1. The number of aliphatic carboxylic acids is 1. The van der Waals surface area contributed by atoms with Crippen molar-refractivity contribution in [2.45, 2.75) is 6.54 Å². The highest BCUT2D eigenvalue weighted by atomic mass is 16.5. The molecule has 0 saturated heterocycles. The van der Waals surface area contributed by atoms with Crippen LogP contribution in [0.4, 0.5) is 17.5 Å². The Morgan fingerprint density at radius 3 is 2.85 bits per heavy atom. The van der Waals surface area contributed by atoms with E-state index in [-0.39, 0.29) is 11.8 Å². The predicted octanol–water partition coefficient (Wildman–Crippen LogP) is 0.684. The largest absolute Gasteiger partial charge is 0.482 e. The summed E-state index contributed by atoms with van der Waals surface area (Å²) in [5, 5.41) is 8.70. The summed E-state index contributed by atoms with van der Waals surface area (Å²) in [4.78, 5) is 29.1. The molecule has 0 saturated carbocycles. The normalized spacial score (nSPS) is 10.7. The molecule has 3 rings (SSSR count). The van der Waals surface area contributed by atoms with Crippen LogP contribution < -0.4 is 21.1 Å². The lowest BCUT2D eigenvalue weighted by atomic mass is 10.2. The Hall–Kier alpha value is -3.69. The van der Waals surface area contributed by atoms with Gasteiger partial charge in [0.1, 0.15) is 5.75 Å². The van der Waals surface area contributed by atoms with Crippen molar-refractivity contribution in [3.63, 3.8) is 0 Å². The number of carboxylic acids is 1. The number of carbonyl (C=O) groups is 1. The van der Waals surface area contributed by atoms with Crippen LogP contribution in [0, 0.1) is 0 Å². The lowest BCUT2D eigenvalue weighted by Crippen LogP contribution is -2.18. The number of nitrogens with zero attached hydrogens (tertiary/aromatic N) is 5. The molecule has 5 N–H and O–H groups in total. The number of aromatic nitrogens is 4. The highest BCUT2D eigenvalue weighted by molar-refractivity contribution is 5.81. The Labute approximate surface area is 148 Å². The lowest BCUT2D eigenvalue weighted by Gasteiger charge is -2.19. The number of benzene rings is 1. The molecular formula is C16H17N7O3. The molecule has 0 aliphatic rings. The second kappa shape index (κ2) is 7.05. The van der Waals surface area contributed by atoms with Crippen molar-refractivity contribution in [3.8, 4) is 5.75 Å². The molecule has 0 unspecified atom stereocenters. The summed E-state index contributed by atoms with van der Waals surface area (Å²) >= 11 is 0. The first-order valence-corrected chi connectivity index (χ1v) is 7.63. The van der Waals surface area contributed by atoms with Gasteiger partial charge in [-0.25, -0.2) is 14.8 Å². The van der Waals surface area contributed by atoms with Crippen LogP contribution in [-0.4, -0.2) is 44.7 Å². The number of carboxylic acid groups (broad SMARTS) is 1. The summed E-state index contributed by atoms with van der Waals surface area (Å²) in [6.07, 6.45) is 1.59. The molecule has 2 heterocycles. The zero-order valence-electron chi connectivity index (χ0n) is 14.0. The molecule has 134 valence electrons. The fraction of sp³-hybridized carbons (Fsp3) is 0.188. The summed E-state index contributed by atoms with van der Waals surface area (Å²) in [7, 11) is 1.87. The summed E-state index contributed by atoms with van der Waals surface area (Å²) in [5.41, 5.74) is 13.6. The van der Waals surface area contributed by atoms with E-state index in [9.17, 15) is 4.79 Å². The standard InChI is InChI=1S/C16H17N7O3/c1-23(10-3-2-4-11(5-10)26-8-12(24)25)7-9-6-19-15-13(20-9)14(17)21-16(18)22-15/h2-6H,7-8H2,1H3,(H,24,25)(H4,17,18,19,21,22). The van der Waals surface area contributed by atoms with Crippen LogP contribution in [0.5, 0.6) is 5.75 Å². The van der Waals surface area contributed by atoms with E-state index >= 15 is 0 Å². The van der Waals surface area contributed by atoms with Gasteiger partial charge in [-0.2, -0.15) is 9.97 Å². The fourth-order valence-corrected chi connectivity index (χ4v) is 2.35. The maximum absolute atomic E-state index is 10.6.